The maximum atomic E-state index is 12.6. The van der Waals surface area contributed by atoms with E-state index in [9.17, 15) is 4.79 Å². The Morgan fingerprint density at radius 1 is 1.03 bits per heavy atom. The van der Waals surface area contributed by atoms with Crippen molar-refractivity contribution in [3.8, 4) is 5.75 Å². The fourth-order valence-corrected chi connectivity index (χ4v) is 3.72. The van der Waals surface area contributed by atoms with Gasteiger partial charge in [-0.2, -0.15) is 0 Å². The third-order valence-electron chi connectivity index (χ3n) is 5.15. The first-order chi connectivity index (χ1) is 15.0. The number of hydrogen-bond acceptors (Lipinski definition) is 4. The normalized spacial score (nSPS) is 12.2. The zero-order chi connectivity index (χ0) is 22.5. The van der Waals surface area contributed by atoms with Gasteiger partial charge in [-0.15, -0.1) is 0 Å². The van der Waals surface area contributed by atoms with E-state index in [-0.39, 0.29) is 18.6 Å². The lowest BCUT2D eigenvalue weighted by Crippen LogP contribution is -2.42. The molecule has 0 saturated carbocycles. The van der Waals surface area contributed by atoms with Gasteiger partial charge in [-0.25, -0.2) is 0 Å². The Kier molecular flexibility index (Phi) is 11.8. The topological polar surface area (TPSA) is 54.7 Å². The molecule has 0 aliphatic rings. The van der Waals surface area contributed by atoms with Gasteiger partial charge in [-0.1, -0.05) is 55.5 Å². The molecule has 31 heavy (non-hydrogen) atoms. The summed E-state index contributed by atoms with van der Waals surface area (Å²) in [6, 6.07) is 11.2. The number of carbonyl (C=O) groups is 1. The molecule has 1 aromatic heterocycles. The number of ether oxygens (including phenoxy) is 1. The Morgan fingerprint density at radius 3 is 2.29 bits per heavy atom. The summed E-state index contributed by atoms with van der Waals surface area (Å²) in [5.74, 6) is 1.53. The predicted octanol–water partition coefficient (Wildman–Crippen LogP) is 6.42. The van der Waals surface area contributed by atoms with Crippen LogP contribution in [-0.4, -0.2) is 36.5 Å². The summed E-state index contributed by atoms with van der Waals surface area (Å²) in [6.45, 7) is 9.85. The van der Waals surface area contributed by atoms with Crippen molar-refractivity contribution < 1.29 is 13.9 Å². The van der Waals surface area contributed by atoms with E-state index in [2.05, 4.69) is 46.9 Å². The lowest BCUT2D eigenvalue weighted by Gasteiger charge is -2.26. The standard InChI is InChI=1S/C25H37BrN2O3/c1-4-6-8-16-28(17-9-7-5-2)18-20(3)27-25(29)24-15-14-23(31-24)19-30-22-12-10-21(26)11-13-22/h10-15,20H,4-9,16-19H2,1-3H3,(H,27,29). The van der Waals surface area contributed by atoms with E-state index in [1.54, 1.807) is 12.1 Å². The van der Waals surface area contributed by atoms with Crippen LogP contribution in [-0.2, 0) is 6.61 Å². The molecule has 0 aliphatic carbocycles. The molecule has 0 saturated heterocycles. The Hall–Kier alpha value is -1.79. The van der Waals surface area contributed by atoms with Crippen molar-refractivity contribution in [1.82, 2.24) is 10.2 Å². The summed E-state index contributed by atoms with van der Waals surface area (Å²) in [5, 5.41) is 3.08. The molecule has 1 heterocycles. The summed E-state index contributed by atoms with van der Waals surface area (Å²) in [7, 11) is 0. The fraction of sp³-hybridized carbons (Fsp3) is 0.560. The van der Waals surface area contributed by atoms with E-state index in [4.69, 9.17) is 9.15 Å². The number of halogens is 1. The Balaban J connectivity index is 1.81. The first-order valence-corrected chi connectivity index (χ1v) is 12.3. The molecule has 1 atom stereocenters. The molecule has 5 nitrogen and oxygen atoms in total. The first-order valence-electron chi connectivity index (χ1n) is 11.5. The summed E-state index contributed by atoms with van der Waals surface area (Å²) in [5.41, 5.74) is 0. The van der Waals surface area contributed by atoms with Gasteiger partial charge in [0.2, 0.25) is 0 Å². The highest BCUT2D eigenvalue weighted by Gasteiger charge is 2.16. The quantitative estimate of drug-likeness (QED) is 0.291. The fourth-order valence-electron chi connectivity index (χ4n) is 3.46. The second-order valence-electron chi connectivity index (χ2n) is 8.10. The Bertz CT molecular complexity index is 750. The Morgan fingerprint density at radius 2 is 1.68 bits per heavy atom. The molecule has 1 N–H and O–H groups in total. The number of benzene rings is 1. The first kappa shape index (κ1) is 25.5. The van der Waals surface area contributed by atoms with Crippen molar-refractivity contribution in [3.63, 3.8) is 0 Å². The molecule has 2 rings (SSSR count). The van der Waals surface area contributed by atoms with E-state index in [0.29, 0.717) is 11.5 Å². The van der Waals surface area contributed by atoms with Crippen LogP contribution in [0.3, 0.4) is 0 Å². The SMILES string of the molecule is CCCCCN(CCCCC)CC(C)NC(=O)c1ccc(COc2ccc(Br)cc2)o1. The average Bonchev–Trinajstić information content (AvgIpc) is 3.23. The van der Waals surface area contributed by atoms with E-state index < -0.39 is 0 Å². The maximum absolute atomic E-state index is 12.6. The smallest absolute Gasteiger partial charge is 0.287 e. The minimum absolute atomic E-state index is 0.0586. The summed E-state index contributed by atoms with van der Waals surface area (Å²) in [6.07, 6.45) is 7.38. The van der Waals surface area contributed by atoms with E-state index in [0.717, 1.165) is 29.9 Å². The monoisotopic (exact) mass is 492 g/mol. The van der Waals surface area contributed by atoms with Crippen LogP contribution in [0.4, 0.5) is 0 Å². The molecular formula is C25H37BrN2O3. The van der Waals surface area contributed by atoms with Crippen LogP contribution in [0.1, 0.15) is 75.6 Å². The van der Waals surface area contributed by atoms with Crippen molar-refractivity contribution in [1.29, 1.82) is 0 Å². The number of nitrogens with zero attached hydrogens (tertiary/aromatic N) is 1. The lowest BCUT2D eigenvalue weighted by atomic mass is 10.2. The number of furan rings is 1. The van der Waals surface area contributed by atoms with E-state index in [1.807, 2.05) is 24.3 Å². The van der Waals surface area contributed by atoms with Gasteiger partial charge in [0.1, 0.15) is 18.1 Å². The average molecular weight is 493 g/mol. The zero-order valence-corrected chi connectivity index (χ0v) is 20.7. The number of nitrogens with one attached hydrogen (secondary N) is 1. The van der Waals surface area contributed by atoms with E-state index >= 15 is 0 Å². The second kappa shape index (κ2) is 14.3. The molecule has 0 aliphatic heterocycles. The third kappa shape index (κ3) is 9.92. The van der Waals surface area contributed by atoms with Gasteiger partial charge in [0.25, 0.3) is 5.91 Å². The lowest BCUT2D eigenvalue weighted by molar-refractivity contribution is 0.0896. The molecule has 0 fully saturated rings. The van der Waals surface area contributed by atoms with Crippen molar-refractivity contribution in [2.24, 2.45) is 0 Å². The molecule has 0 radical (unpaired) electrons. The molecule has 1 aromatic carbocycles. The number of amides is 1. The van der Waals surface area contributed by atoms with Crippen LogP contribution < -0.4 is 10.1 Å². The van der Waals surface area contributed by atoms with Crippen LogP contribution in [0, 0.1) is 0 Å². The summed E-state index contributed by atoms with van der Waals surface area (Å²) in [4.78, 5) is 15.1. The van der Waals surface area contributed by atoms with Crippen LogP contribution in [0.2, 0.25) is 0 Å². The molecule has 0 spiro atoms. The minimum Gasteiger partial charge on any atom is -0.486 e. The van der Waals surface area contributed by atoms with Crippen LogP contribution in [0.25, 0.3) is 0 Å². The van der Waals surface area contributed by atoms with Gasteiger partial charge >= 0.3 is 0 Å². The zero-order valence-electron chi connectivity index (χ0n) is 19.2. The van der Waals surface area contributed by atoms with Gasteiger partial charge in [0.15, 0.2) is 5.76 Å². The van der Waals surface area contributed by atoms with Gasteiger partial charge in [0, 0.05) is 17.1 Å². The summed E-state index contributed by atoms with van der Waals surface area (Å²) < 4.78 is 12.4. The van der Waals surface area contributed by atoms with Crippen LogP contribution in [0.15, 0.2) is 45.3 Å². The van der Waals surface area contributed by atoms with Crippen molar-refractivity contribution in [2.75, 3.05) is 19.6 Å². The molecular weight excluding hydrogens is 456 g/mol. The highest BCUT2D eigenvalue weighted by Crippen LogP contribution is 2.18. The van der Waals surface area contributed by atoms with Gasteiger partial charge in [0.05, 0.1) is 0 Å². The minimum atomic E-state index is -0.176. The number of hydrogen-bond donors (Lipinski definition) is 1. The molecule has 0 bridgehead atoms. The molecule has 1 unspecified atom stereocenters. The molecule has 1 amide bonds. The van der Waals surface area contributed by atoms with Gasteiger partial charge in [-0.05, 0) is 69.3 Å². The van der Waals surface area contributed by atoms with Crippen molar-refractivity contribution in [3.05, 3.63) is 52.4 Å². The molecule has 6 heteroatoms. The van der Waals surface area contributed by atoms with Crippen LogP contribution in [0.5, 0.6) is 5.75 Å². The Labute approximate surface area is 195 Å². The van der Waals surface area contributed by atoms with Crippen molar-refractivity contribution >= 4 is 21.8 Å². The molecule has 2 aromatic rings. The molecule has 172 valence electrons. The highest BCUT2D eigenvalue weighted by molar-refractivity contribution is 9.10. The summed E-state index contributed by atoms with van der Waals surface area (Å²) >= 11 is 3.40. The number of carbonyl (C=O) groups excluding carboxylic acids is 1. The van der Waals surface area contributed by atoms with Crippen molar-refractivity contribution in [2.45, 2.75) is 71.9 Å². The van der Waals surface area contributed by atoms with Gasteiger partial charge < -0.3 is 19.4 Å². The number of rotatable bonds is 15. The third-order valence-corrected chi connectivity index (χ3v) is 5.67. The predicted molar refractivity (Wildman–Crippen MR) is 130 cm³/mol. The van der Waals surface area contributed by atoms with Crippen LogP contribution >= 0.6 is 15.9 Å². The number of unbranched alkanes of at least 4 members (excludes halogenated alkanes) is 4. The maximum Gasteiger partial charge on any atom is 0.287 e. The van der Waals surface area contributed by atoms with E-state index in [1.165, 1.54) is 38.5 Å². The second-order valence-corrected chi connectivity index (χ2v) is 9.01. The largest absolute Gasteiger partial charge is 0.486 e. The highest BCUT2D eigenvalue weighted by atomic mass is 79.9. The van der Waals surface area contributed by atoms with Gasteiger partial charge in [-0.3, -0.25) is 4.79 Å².